The molecule has 0 amide bonds. The molecule has 1 aromatic rings. The molecule has 0 unspecified atom stereocenters. The SMILES string of the molecule is CC(=O)C(C)(C)Oc1cccnc1C. The number of rotatable bonds is 3. The summed E-state index contributed by atoms with van der Waals surface area (Å²) < 4.78 is 5.58. The fourth-order valence-electron chi connectivity index (χ4n) is 0.924. The van der Waals surface area contributed by atoms with E-state index >= 15 is 0 Å². The number of carbonyl (C=O) groups excluding carboxylic acids is 1. The van der Waals surface area contributed by atoms with Gasteiger partial charge in [0, 0.05) is 6.20 Å². The molecule has 0 aliphatic heterocycles. The highest BCUT2D eigenvalue weighted by Crippen LogP contribution is 2.21. The zero-order valence-electron chi connectivity index (χ0n) is 9.00. The second kappa shape index (κ2) is 3.78. The fourth-order valence-corrected chi connectivity index (χ4v) is 0.924. The largest absolute Gasteiger partial charge is 0.478 e. The molecule has 0 aromatic carbocycles. The van der Waals surface area contributed by atoms with Crippen molar-refractivity contribution in [3.63, 3.8) is 0 Å². The van der Waals surface area contributed by atoms with E-state index in [9.17, 15) is 4.79 Å². The van der Waals surface area contributed by atoms with Gasteiger partial charge >= 0.3 is 0 Å². The third kappa shape index (κ3) is 2.31. The number of pyridine rings is 1. The Bertz CT molecular complexity index is 345. The van der Waals surface area contributed by atoms with Crippen LogP contribution in [0.25, 0.3) is 0 Å². The standard InChI is InChI=1S/C11H15NO2/c1-8-10(6-5-7-12-8)14-11(3,4)9(2)13/h5-7H,1-4H3. The van der Waals surface area contributed by atoms with E-state index in [-0.39, 0.29) is 5.78 Å². The highest BCUT2D eigenvalue weighted by atomic mass is 16.5. The van der Waals surface area contributed by atoms with Crippen molar-refractivity contribution in [2.45, 2.75) is 33.3 Å². The molecule has 0 saturated carbocycles. The van der Waals surface area contributed by atoms with E-state index in [0.29, 0.717) is 5.75 Å². The monoisotopic (exact) mass is 193 g/mol. The molecule has 0 aliphatic rings. The summed E-state index contributed by atoms with van der Waals surface area (Å²) >= 11 is 0. The van der Waals surface area contributed by atoms with Crippen molar-refractivity contribution in [3.8, 4) is 5.75 Å². The Hall–Kier alpha value is -1.38. The van der Waals surface area contributed by atoms with E-state index in [0.717, 1.165) is 5.69 Å². The molecule has 3 heteroatoms. The zero-order valence-corrected chi connectivity index (χ0v) is 9.00. The average Bonchev–Trinajstić information content (AvgIpc) is 2.08. The summed E-state index contributed by atoms with van der Waals surface area (Å²) in [4.78, 5) is 15.3. The summed E-state index contributed by atoms with van der Waals surface area (Å²) in [5.74, 6) is 0.661. The minimum Gasteiger partial charge on any atom is -0.478 e. The van der Waals surface area contributed by atoms with Crippen LogP contribution in [0.15, 0.2) is 18.3 Å². The molecule has 1 rings (SSSR count). The number of carbonyl (C=O) groups is 1. The lowest BCUT2D eigenvalue weighted by molar-refractivity contribution is -0.129. The van der Waals surface area contributed by atoms with Crippen LogP contribution in [0.4, 0.5) is 0 Å². The lowest BCUT2D eigenvalue weighted by Crippen LogP contribution is -2.36. The van der Waals surface area contributed by atoms with E-state index in [1.807, 2.05) is 13.0 Å². The van der Waals surface area contributed by atoms with Crippen LogP contribution < -0.4 is 4.74 Å². The smallest absolute Gasteiger partial charge is 0.172 e. The van der Waals surface area contributed by atoms with Crippen molar-refractivity contribution in [3.05, 3.63) is 24.0 Å². The molecule has 3 nitrogen and oxygen atoms in total. The first-order valence-electron chi connectivity index (χ1n) is 4.55. The van der Waals surface area contributed by atoms with Crippen molar-refractivity contribution >= 4 is 5.78 Å². The van der Waals surface area contributed by atoms with Crippen LogP contribution in [-0.4, -0.2) is 16.4 Å². The van der Waals surface area contributed by atoms with E-state index in [1.54, 1.807) is 26.1 Å². The first-order valence-corrected chi connectivity index (χ1v) is 4.55. The van der Waals surface area contributed by atoms with Gasteiger partial charge in [-0.3, -0.25) is 9.78 Å². The number of ether oxygens (including phenoxy) is 1. The van der Waals surface area contributed by atoms with Gasteiger partial charge in [0.05, 0.1) is 5.69 Å². The number of nitrogens with zero attached hydrogens (tertiary/aromatic N) is 1. The first kappa shape index (κ1) is 10.7. The number of Topliss-reactive ketones (excluding diaryl/α,β-unsaturated/α-hetero) is 1. The zero-order chi connectivity index (χ0) is 10.8. The van der Waals surface area contributed by atoms with Crippen molar-refractivity contribution in [2.24, 2.45) is 0 Å². The van der Waals surface area contributed by atoms with E-state index in [2.05, 4.69) is 4.98 Å². The van der Waals surface area contributed by atoms with Crippen LogP contribution in [0.3, 0.4) is 0 Å². The normalized spacial score (nSPS) is 11.1. The Balaban J connectivity index is 2.89. The Kier molecular flexibility index (Phi) is 2.89. The van der Waals surface area contributed by atoms with Crippen molar-refractivity contribution in [2.75, 3.05) is 0 Å². The van der Waals surface area contributed by atoms with Gasteiger partial charge in [-0.25, -0.2) is 0 Å². The molecular formula is C11H15NO2. The molecule has 0 saturated heterocycles. The predicted molar refractivity (Wildman–Crippen MR) is 54.4 cm³/mol. The summed E-state index contributed by atoms with van der Waals surface area (Å²) in [7, 11) is 0. The van der Waals surface area contributed by atoms with Gasteiger partial charge < -0.3 is 4.74 Å². The molecule has 1 aromatic heterocycles. The van der Waals surface area contributed by atoms with Gasteiger partial charge in [0.15, 0.2) is 11.4 Å². The van der Waals surface area contributed by atoms with E-state index in [1.165, 1.54) is 6.92 Å². The lowest BCUT2D eigenvalue weighted by Gasteiger charge is -2.23. The summed E-state index contributed by atoms with van der Waals surface area (Å²) in [5, 5.41) is 0. The van der Waals surface area contributed by atoms with Gasteiger partial charge in [0.1, 0.15) is 5.75 Å². The van der Waals surface area contributed by atoms with E-state index < -0.39 is 5.60 Å². The van der Waals surface area contributed by atoms with Crippen LogP contribution in [-0.2, 0) is 4.79 Å². The predicted octanol–water partition coefficient (Wildman–Crippen LogP) is 2.14. The quantitative estimate of drug-likeness (QED) is 0.738. The third-order valence-electron chi connectivity index (χ3n) is 2.17. The van der Waals surface area contributed by atoms with Gasteiger partial charge in [0.2, 0.25) is 0 Å². The summed E-state index contributed by atoms with van der Waals surface area (Å²) in [6.07, 6.45) is 1.70. The topological polar surface area (TPSA) is 39.2 Å². The van der Waals surface area contributed by atoms with Crippen LogP contribution in [0.2, 0.25) is 0 Å². The van der Waals surface area contributed by atoms with Crippen molar-refractivity contribution in [1.82, 2.24) is 4.98 Å². The lowest BCUT2D eigenvalue weighted by atomic mass is 10.1. The summed E-state index contributed by atoms with van der Waals surface area (Å²) in [6, 6.07) is 3.60. The van der Waals surface area contributed by atoms with Crippen LogP contribution in [0.5, 0.6) is 5.75 Å². The first-order chi connectivity index (χ1) is 6.43. The second-order valence-corrected chi connectivity index (χ2v) is 3.76. The third-order valence-corrected chi connectivity index (χ3v) is 2.17. The van der Waals surface area contributed by atoms with E-state index in [4.69, 9.17) is 4.74 Å². The molecule has 0 atom stereocenters. The van der Waals surface area contributed by atoms with Crippen LogP contribution in [0, 0.1) is 6.92 Å². The second-order valence-electron chi connectivity index (χ2n) is 3.76. The molecule has 76 valence electrons. The van der Waals surface area contributed by atoms with Gasteiger partial charge in [-0.2, -0.15) is 0 Å². The van der Waals surface area contributed by atoms with Gasteiger partial charge in [-0.15, -0.1) is 0 Å². The molecule has 0 spiro atoms. The van der Waals surface area contributed by atoms with Crippen LogP contribution in [0.1, 0.15) is 26.5 Å². The van der Waals surface area contributed by atoms with Gasteiger partial charge in [-0.05, 0) is 39.8 Å². The Morgan fingerprint density at radius 1 is 1.50 bits per heavy atom. The Morgan fingerprint density at radius 2 is 2.14 bits per heavy atom. The number of ketones is 1. The maximum Gasteiger partial charge on any atom is 0.172 e. The minimum absolute atomic E-state index is 0.000697. The highest BCUT2D eigenvalue weighted by molar-refractivity contribution is 5.84. The minimum atomic E-state index is -0.784. The maximum absolute atomic E-state index is 11.2. The summed E-state index contributed by atoms with van der Waals surface area (Å²) in [6.45, 7) is 6.88. The number of aryl methyl sites for hydroxylation is 1. The Morgan fingerprint density at radius 3 is 2.64 bits per heavy atom. The molecule has 1 heterocycles. The number of hydrogen-bond donors (Lipinski definition) is 0. The van der Waals surface area contributed by atoms with Crippen LogP contribution >= 0.6 is 0 Å². The number of hydrogen-bond acceptors (Lipinski definition) is 3. The Labute approximate surface area is 84.1 Å². The average molecular weight is 193 g/mol. The van der Waals surface area contributed by atoms with Gasteiger partial charge in [0.25, 0.3) is 0 Å². The number of aromatic nitrogens is 1. The molecular weight excluding hydrogens is 178 g/mol. The fraction of sp³-hybridized carbons (Fsp3) is 0.455. The molecule has 0 fully saturated rings. The molecule has 0 N–H and O–H groups in total. The van der Waals surface area contributed by atoms with Gasteiger partial charge in [-0.1, -0.05) is 0 Å². The molecule has 0 aliphatic carbocycles. The maximum atomic E-state index is 11.2. The van der Waals surface area contributed by atoms with Crippen molar-refractivity contribution < 1.29 is 9.53 Å². The molecule has 0 radical (unpaired) electrons. The summed E-state index contributed by atoms with van der Waals surface area (Å²) in [5.41, 5.74) is 0.00942. The molecule has 14 heavy (non-hydrogen) atoms. The molecule has 0 bridgehead atoms. The van der Waals surface area contributed by atoms with Crippen molar-refractivity contribution in [1.29, 1.82) is 0 Å². The highest BCUT2D eigenvalue weighted by Gasteiger charge is 2.26.